The van der Waals surface area contributed by atoms with Gasteiger partial charge >= 0.3 is 0 Å². The van der Waals surface area contributed by atoms with E-state index in [2.05, 4.69) is 20.2 Å². The lowest BCUT2D eigenvalue weighted by Gasteiger charge is -2.20. The van der Waals surface area contributed by atoms with Crippen LogP contribution in [0.5, 0.6) is 0 Å². The number of nitrogens with zero attached hydrogens (tertiary/aromatic N) is 7. The van der Waals surface area contributed by atoms with Gasteiger partial charge in [0.1, 0.15) is 12.7 Å². The largest absolute Gasteiger partial charge is 0.334 e. The van der Waals surface area contributed by atoms with Crippen molar-refractivity contribution < 1.29 is 4.79 Å². The predicted molar refractivity (Wildman–Crippen MR) is 82.8 cm³/mol. The van der Waals surface area contributed by atoms with Crippen LogP contribution in [0.25, 0.3) is 5.82 Å². The van der Waals surface area contributed by atoms with E-state index in [-0.39, 0.29) is 5.91 Å². The van der Waals surface area contributed by atoms with E-state index >= 15 is 0 Å². The van der Waals surface area contributed by atoms with E-state index in [1.807, 2.05) is 20.2 Å². The van der Waals surface area contributed by atoms with Gasteiger partial charge in [-0.2, -0.15) is 10.2 Å². The first-order chi connectivity index (χ1) is 11.2. The predicted octanol–water partition coefficient (Wildman–Crippen LogP) is 1.06. The van der Waals surface area contributed by atoms with Crippen molar-refractivity contribution in [1.82, 2.24) is 34.4 Å². The minimum Gasteiger partial charge on any atom is -0.334 e. The Morgan fingerprint density at radius 1 is 1.35 bits per heavy atom. The topological polar surface area (TPSA) is 81.7 Å². The Balaban J connectivity index is 1.82. The molecule has 0 unspecified atom stereocenters. The van der Waals surface area contributed by atoms with Crippen molar-refractivity contribution in [2.75, 3.05) is 6.54 Å². The molecule has 0 saturated carbocycles. The number of aromatic nitrogens is 6. The van der Waals surface area contributed by atoms with Crippen LogP contribution >= 0.6 is 0 Å². The standard InChI is InChI=1S/C15H17N7O/c1-3-21(9-12-7-18-20(2)8-12)15(23)13-4-5-17-14(6-13)22-11-16-10-19-22/h4-8,10-11H,3,9H2,1-2H3. The van der Waals surface area contributed by atoms with Crippen LogP contribution in [-0.2, 0) is 13.6 Å². The fourth-order valence-electron chi connectivity index (χ4n) is 2.29. The lowest BCUT2D eigenvalue weighted by atomic mass is 10.2. The molecule has 3 aromatic heterocycles. The first-order valence-electron chi connectivity index (χ1n) is 7.25. The van der Waals surface area contributed by atoms with Gasteiger partial charge in [-0.1, -0.05) is 0 Å². The number of hydrogen-bond donors (Lipinski definition) is 0. The smallest absolute Gasteiger partial charge is 0.254 e. The van der Waals surface area contributed by atoms with E-state index in [1.165, 1.54) is 11.0 Å². The molecular weight excluding hydrogens is 294 g/mol. The number of carbonyl (C=O) groups is 1. The fraction of sp³-hybridized carbons (Fsp3) is 0.267. The summed E-state index contributed by atoms with van der Waals surface area (Å²) in [7, 11) is 1.86. The lowest BCUT2D eigenvalue weighted by molar-refractivity contribution is 0.0752. The summed E-state index contributed by atoms with van der Waals surface area (Å²) >= 11 is 0. The fourth-order valence-corrected chi connectivity index (χ4v) is 2.29. The Morgan fingerprint density at radius 3 is 2.87 bits per heavy atom. The summed E-state index contributed by atoms with van der Waals surface area (Å²) in [6.45, 7) is 3.08. The van der Waals surface area contributed by atoms with Gasteiger partial charge in [0, 0.05) is 43.7 Å². The van der Waals surface area contributed by atoms with Gasteiger partial charge in [-0.15, -0.1) is 0 Å². The van der Waals surface area contributed by atoms with Crippen molar-refractivity contribution in [2.45, 2.75) is 13.5 Å². The number of carbonyl (C=O) groups excluding carboxylic acids is 1. The SMILES string of the molecule is CCN(Cc1cnn(C)c1)C(=O)c1ccnc(-n2cncn2)c1. The molecule has 0 N–H and O–H groups in total. The molecule has 0 spiro atoms. The summed E-state index contributed by atoms with van der Waals surface area (Å²) in [6.07, 6.45) is 8.25. The minimum absolute atomic E-state index is 0.0554. The Bertz CT molecular complexity index is 794. The second-order valence-electron chi connectivity index (χ2n) is 5.08. The molecule has 0 atom stereocenters. The average molecular weight is 311 g/mol. The van der Waals surface area contributed by atoms with Crippen molar-refractivity contribution in [3.63, 3.8) is 0 Å². The van der Waals surface area contributed by atoms with Crippen LogP contribution in [-0.4, -0.2) is 46.9 Å². The van der Waals surface area contributed by atoms with Crippen LogP contribution < -0.4 is 0 Å². The highest BCUT2D eigenvalue weighted by Crippen LogP contribution is 2.11. The first-order valence-corrected chi connectivity index (χ1v) is 7.25. The van der Waals surface area contributed by atoms with Crippen LogP contribution in [0.15, 0.2) is 43.4 Å². The Hall–Kier alpha value is -3.03. The third-order valence-electron chi connectivity index (χ3n) is 3.45. The van der Waals surface area contributed by atoms with Crippen LogP contribution in [0.2, 0.25) is 0 Å². The third kappa shape index (κ3) is 3.25. The summed E-state index contributed by atoms with van der Waals surface area (Å²) in [6, 6.07) is 3.41. The summed E-state index contributed by atoms with van der Waals surface area (Å²) in [5, 5.41) is 8.16. The van der Waals surface area contributed by atoms with E-state index in [0.29, 0.717) is 24.5 Å². The highest BCUT2D eigenvalue weighted by Gasteiger charge is 2.16. The van der Waals surface area contributed by atoms with E-state index < -0.39 is 0 Å². The molecule has 0 aliphatic rings. The molecule has 1 amide bonds. The molecular formula is C15H17N7O. The Labute approximate surface area is 133 Å². The number of aryl methyl sites for hydroxylation is 1. The van der Waals surface area contributed by atoms with E-state index in [0.717, 1.165) is 5.56 Å². The summed E-state index contributed by atoms with van der Waals surface area (Å²) < 4.78 is 3.25. The zero-order chi connectivity index (χ0) is 16.2. The molecule has 3 aromatic rings. The molecule has 3 heterocycles. The molecule has 0 aromatic carbocycles. The quantitative estimate of drug-likeness (QED) is 0.703. The second-order valence-corrected chi connectivity index (χ2v) is 5.08. The normalized spacial score (nSPS) is 10.7. The summed E-state index contributed by atoms with van der Waals surface area (Å²) in [4.78, 5) is 22.6. The number of rotatable bonds is 5. The van der Waals surface area contributed by atoms with Crippen molar-refractivity contribution >= 4 is 5.91 Å². The van der Waals surface area contributed by atoms with Crippen molar-refractivity contribution in [1.29, 1.82) is 0 Å². The summed E-state index contributed by atoms with van der Waals surface area (Å²) in [5.74, 6) is 0.505. The Morgan fingerprint density at radius 2 is 2.22 bits per heavy atom. The monoisotopic (exact) mass is 311 g/mol. The molecule has 8 heteroatoms. The molecule has 23 heavy (non-hydrogen) atoms. The van der Waals surface area contributed by atoms with Gasteiger partial charge in [0.25, 0.3) is 5.91 Å². The molecule has 0 saturated heterocycles. The second kappa shape index (κ2) is 6.39. The van der Waals surface area contributed by atoms with Crippen LogP contribution in [0.4, 0.5) is 0 Å². The minimum atomic E-state index is -0.0554. The van der Waals surface area contributed by atoms with Crippen molar-refractivity contribution in [3.05, 3.63) is 54.5 Å². The van der Waals surface area contributed by atoms with Gasteiger partial charge in [-0.3, -0.25) is 9.48 Å². The van der Waals surface area contributed by atoms with Crippen LogP contribution in [0, 0.1) is 0 Å². The highest BCUT2D eigenvalue weighted by molar-refractivity contribution is 5.94. The Kier molecular flexibility index (Phi) is 4.13. The van der Waals surface area contributed by atoms with Crippen LogP contribution in [0.3, 0.4) is 0 Å². The highest BCUT2D eigenvalue weighted by atomic mass is 16.2. The van der Waals surface area contributed by atoms with Gasteiger partial charge in [0.05, 0.1) is 6.20 Å². The molecule has 0 fully saturated rings. The number of pyridine rings is 1. The molecule has 3 rings (SSSR count). The van der Waals surface area contributed by atoms with Gasteiger partial charge in [-0.05, 0) is 19.1 Å². The summed E-state index contributed by atoms with van der Waals surface area (Å²) in [5.41, 5.74) is 1.56. The molecule has 0 aliphatic carbocycles. The van der Waals surface area contributed by atoms with E-state index in [4.69, 9.17) is 0 Å². The maximum Gasteiger partial charge on any atom is 0.254 e. The van der Waals surface area contributed by atoms with E-state index in [1.54, 1.807) is 40.4 Å². The van der Waals surface area contributed by atoms with Gasteiger partial charge in [-0.25, -0.2) is 14.6 Å². The maximum absolute atomic E-state index is 12.7. The average Bonchev–Trinajstić information content (AvgIpc) is 3.24. The first kappa shape index (κ1) is 14.9. The maximum atomic E-state index is 12.7. The zero-order valence-electron chi connectivity index (χ0n) is 13.0. The van der Waals surface area contributed by atoms with Crippen LogP contribution in [0.1, 0.15) is 22.8 Å². The molecule has 0 bridgehead atoms. The van der Waals surface area contributed by atoms with Gasteiger partial charge in [0.15, 0.2) is 5.82 Å². The molecule has 118 valence electrons. The van der Waals surface area contributed by atoms with E-state index in [9.17, 15) is 4.79 Å². The third-order valence-corrected chi connectivity index (χ3v) is 3.45. The number of hydrogen-bond acceptors (Lipinski definition) is 5. The molecule has 8 nitrogen and oxygen atoms in total. The zero-order valence-corrected chi connectivity index (χ0v) is 13.0. The van der Waals surface area contributed by atoms with Gasteiger partial charge in [0.2, 0.25) is 0 Å². The molecule has 0 aliphatic heterocycles. The number of amides is 1. The van der Waals surface area contributed by atoms with Crippen molar-refractivity contribution in [2.24, 2.45) is 7.05 Å². The van der Waals surface area contributed by atoms with Gasteiger partial charge < -0.3 is 4.90 Å². The van der Waals surface area contributed by atoms with Crippen molar-refractivity contribution in [3.8, 4) is 5.82 Å². The lowest BCUT2D eigenvalue weighted by Crippen LogP contribution is -2.30. The molecule has 0 radical (unpaired) electrons.